The molecule has 0 fully saturated rings. The van der Waals surface area contributed by atoms with Crippen molar-refractivity contribution in [3.63, 3.8) is 0 Å². The summed E-state index contributed by atoms with van der Waals surface area (Å²) in [7, 11) is -2.57. The quantitative estimate of drug-likeness (QED) is 0.872. The van der Waals surface area contributed by atoms with E-state index in [9.17, 15) is 12.8 Å². The maximum atomic E-state index is 13.7. The molecule has 0 saturated heterocycles. The van der Waals surface area contributed by atoms with Crippen molar-refractivity contribution in [1.82, 2.24) is 0 Å². The summed E-state index contributed by atoms with van der Waals surface area (Å²) in [5.74, 6) is -0.865. The number of hydrogen-bond donors (Lipinski definition) is 0. The Hall–Kier alpha value is -1.59. The maximum Gasteiger partial charge on any atom is 0.266 e. The number of sulfonamides is 1. The Morgan fingerprint density at radius 2 is 1.74 bits per heavy atom. The van der Waals surface area contributed by atoms with Gasteiger partial charge in [-0.3, -0.25) is 4.31 Å². The van der Waals surface area contributed by atoms with Gasteiger partial charge < -0.3 is 0 Å². The van der Waals surface area contributed by atoms with Crippen molar-refractivity contribution in [1.29, 1.82) is 0 Å². The lowest BCUT2D eigenvalue weighted by Gasteiger charge is -2.19. The van der Waals surface area contributed by atoms with E-state index in [2.05, 4.69) is 0 Å². The Labute approximate surface area is 116 Å². The fourth-order valence-electron chi connectivity index (χ4n) is 1.61. The summed E-state index contributed by atoms with van der Waals surface area (Å²) < 4.78 is 39.4. The van der Waals surface area contributed by atoms with Gasteiger partial charge in [0.15, 0.2) is 0 Å². The molecule has 0 aromatic heterocycles. The van der Waals surface area contributed by atoms with Crippen LogP contribution in [0.4, 0.5) is 10.1 Å². The minimum absolute atomic E-state index is 0.152. The van der Waals surface area contributed by atoms with E-state index in [4.69, 9.17) is 11.6 Å². The summed E-state index contributed by atoms with van der Waals surface area (Å²) in [6.07, 6.45) is 0. The predicted molar refractivity (Wildman–Crippen MR) is 73.4 cm³/mol. The average molecular weight is 300 g/mol. The summed E-state index contributed by atoms with van der Waals surface area (Å²) >= 11 is 5.62. The molecule has 0 aliphatic rings. The molecule has 0 bridgehead atoms. The summed E-state index contributed by atoms with van der Waals surface area (Å²) in [5.41, 5.74) is 0.455. The standard InChI is InChI=1S/C13H11ClFNO2S/c1-16(11-5-3-2-4-6-11)19(17,18)13-8-7-10(14)9-12(13)15/h2-9H,1H3. The van der Waals surface area contributed by atoms with Crippen LogP contribution < -0.4 is 4.31 Å². The van der Waals surface area contributed by atoms with Crippen LogP contribution in [0, 0.1) is 5.82 Å². The molecule has 6 heteroatoms. The molecule has 0 spiro atoms. The zero-order valence-electron chi connectivity index (χ0n) is 10.0. The molecule has 0 saturated carbocycles. The van der Waals surface area contributed by atoms with Gasteiger partial charge in [-0.25, -0.2) is 12.8 Å². The van der Waals surface area contributed by atoms with E-state index in [0.717, 1.165) is 16.4 Å². The van der Waals surface area contributed by atoms with Gasteiger partial charge >= 0.3 is 0 Å². The Kier molecular flexibility index (Phi) is 3.78. The number of para-hydroxylation sites is 1. The van der Waals surface area contributed by atoms with Gasteiger partial charge in [0.25, 0.3) is 10.0 Å². The minimum atomic E-state index is -3.94. The third kappa shape index (κ3) is 2.72. The Bertz CT molecular complexity index is 689. The molecule has 0 unspecified atom stereocenters. The summed E-state index contributed by atoms with van der Waals surface area (Å²) in [5, 5.41) is 0.152. The van der Waals surface area contributed by atoms with Gasteiger partial charge in [-0.05, 0) is 30.3 Å². The highest BCUT2D eigenvalue weighted by Crippen LogP contribution is 2.25. The second-order valence-corrected chi connectivity index (χ2v) is 6.26. The highest BCUT2D eigenvalue weighted by atomic mass is 35.5. The van der Waals surface area contributed by atoms with Crippen LogP contribution in [0.2, 0.25) is 5.02 Å². The minimum Gasteiger partial charge on any atom is -0.269 e. The van der Waals surface area contributed by atoms with Crippen molar-refractivity contribution in [3.05, 3.63) is 59.4 Å². The van der Waals surface area contributed by atoms with E-state index in [-0.39, 0.29) is 5.02 Å². The second kappa shape index (κ2) is 5.19. The zero-order valence-corrected chi connectivity index (χ0v) is 11.6. The number of halogens is 2. The maximum absolute atomic E-state index is 13.7. The smallest absolute Gasteiger partial charge is 0.266 e. The fraction of sp³-hybridized carbons (Fsp3) is 0.0769. The number of benzene rings is 2. The molecule has 2 aromatic rings. The number of anilines is 1. The molecular weight excluding hydrogens is 289 g/mol. The summed E-state index contributed by atoms with van der Waals surface area (Å²) in [4.78, 5) is -0.400. The molecule has 3 nitrogen and oxygen atoms in total. The first kappa shape index (κ1) is 13.8. The van der Waals surface area contributed by atoms with Gasteiger partial charge in [-0.2, -0.15) is 0 Å². The van der Waals surface area contributed by atoms with Crippen molar-refractivity contribution >= 4 is 27.3 Å². The first-order valence-corrected chi connectivity index (χ1v) is 7.24. The second-order valence-electron chi connectivity index (χ2n) is 3.88. The van der Waals surface area contributed by atoms with Crippen LogP contribution in [0.15, 0.2) is 53.4 Å². The van der Waals surface area contributed by atoms with E-state index in [0.29, 0.717) is 5.69 Å². The third-order valence-electron chi connectivity index (χ3n) is 2.65. The average Bonchev–Trinajstić information content (AvgIpc) is 2.38. The Morgan fingerprint density at radius 3 is 2.32 bits per heavy atom. The van der Waals surface area contributed by atoms with Gasteiger partial charge in [-0.1, -0.05) is 29.8 Å². The predicted octanol–water partition coefficient (Wildman–Crippen LogP) is 3.30. The molecule has 2 rings (SSSR count). The largest absolute Gasteiger partial charge is 0.269 e. The SMILES string of the molecule is CN(c1ccccc1)S(=O)(=O)c1ccc(Cl)cc1F. The number of rotatable bonds is 3. The molecule has 0 radical (unpaired) electrons. The van der Waals surface area contributed by atoms with Crippen molar-refractivity contribution in [2.75, 3.05) is 11.4 Å². The summed E-state index contributed by atoms with van der Waals surface area (Å²) in [6.45, 7) is 0. The van der Waals surface area contributed by atoms with Gasteiger partial charge in [-0.15, -0.1) is 0 Å². The van der Waals surface area contributed by atoms with Gasteiger partial charge in [0, 0.05) is 12.1 Å². The van der Waals surface area contributed by atoms with Crippen molar-refractivity contribution in [2.24, 2.45) is 0 Å². The third-order valence-corrected chi connectivity index (χ3v) is 4.71. The Balaban J connectivity index is 2.48. The number of hydrogen-bond acceptors (Lipinski definition) is 2. The molecule has 0 amide bonds. The number of nitrogens with zero attached hydrogens (tertiary/aromatic N) is 1. The van der Waals surface area contributed by atoms with Crippen LogP contribution in [-0.2, 0) is 10.0 Å². The van der Waals surface area contributed by atoms with Crippen molar-refractivity contribution < 1.29 is 12.8 Å². The Morgan fingerprint density at radius 1 is 1.11 bits per heavy atom. The molecule has 0 aliphatic carbocycles. The molecule has 0 aliphatic heterocycles. The van der Waals surface area contributed by atoms with Crippen molar-refractivity contribution in [2.45, 2.75) is 4.90 Å². The van der Waals surface area contributed by atoms with Gasteiger partial charge in [0.1, 0.15) is 10.7 Å². The highest BCUT2D eigenvalue weighted by molar-refractivity contribution is 7.92. The lowest BCUT2D eigenvalue weighted by molar-refractivity contribution is 0.566. The molecule has 100 valence electrons. The normalized spacial score (nSPS) is 11.3. The molecule has 19 heavy (non-hydrogen) atoms. The van der Waals surface area contributed by atoms with Crippen molar-refractivity contribution in [3.8, 4) is 0 Å². The van der Waals surface area contributed by atoms with E-state index in [1.165, 1.54) is 13.1 Å². The van der Waals surface area contributed by atoms with Gasteiger partial charge in [0.05, 0.1) is 5.69 Å². The van der Waals surface area contributed by atoms with Crippen LogP contribution in [0.5, 0.6) is 0 Å². The summed E-state index contributed by atoms with van der Waals surface area (Å²) in [6, 6.07) is 11.9. The topological polar surface area (TPSA) is 37.4 Å². The van der Waals surface area contributed by atoms with E-state index >= 15 is 0 Å². The van der Waals surface area contributed by atoms with Crippen LogP contribution in [0.3, 0.4) is 0 Å². The fourth-order valence-corrected chi connectivity index (χ4v) is 3.01. The van der Waals surface area contributed by atoms with Crippen LogP contribution in [0.1, 0.15) is 0 Å². The molecule has 0 N–H and O–H groups in total. The lowest BCUT2D eigenvalue weighted by Crippen LogP contribution is -2.27. The highest BCUT2D eigenvalue weighted by Gasteiger charge is 2.24. The van der Waals surface area contributed by atoms with Gasteiger partial charge in [0.2, 0.25) is 0 Å². The monoisotopic (exact) mass is 299 g/mol. The lowest BCUT2D eigenvalue weighted by atomic mass is 10.3. The first-order valence-electron chi connectivity index (χ1n) is 5.42. The van der Waals surface area contributed by atoms with E-state index in [1.807, 2.05) is 0 Å². The molecule has 0 atom stereocenters. The molecular formula is C13H11ClFNO2S. The van der Waals surface area contributed by atoms with Crippen LogP contribution in [0.25, 0.3) is 0 Å². The van der Waals surface area contributed by atoms with E-state index < -0.39 is 20.7 Å². The first-order chi connectivity index (χ1) is 8.93. The molecule has 0 heterocycles. The molecule has 2 aromatic carbocycles. The van der Waals surface area contributed by atoms with Crippen LogP contribution >= 0.6 is 11.6 Å². The van der Waals surface area contributed by atoms with Crippen LogP contribution in [-0.4, -0.2) is 15.5 Å². The zero-order chi connectivity index (χ0) is 14.0. The van der Waals surface area contributed by atoms with E-state index in [1.54, 1.807) is 30.3 Å².